The van der Waals surface area contributed by atoms with Gasteiger partial charge in [0.25, 0.3) is 0 Å². The van der Waals surface area contributed by atoms with Crippen LogP contribution in [0.5, 0.6) is 0 Å². The number of halogens is 2. The zero-order chi connectivity index (χ0) is 12.4. The molecule has 0 radical (unpaired) electrons. The number of ether oxygens (including phenoxy) is 1. The van der Waals surface area contributed by atoms with E-state index < -0.39 is 5.97 Å². The molecule has 0 bridgehead atoms. The summed E-state index contributed by atoms with van der Waals surface area (Å²) in [5.74, 6) is -0.501. The van der Waals surface area contributed by atoms with Gasteiger partial charge in [-0.05, 0) is 18.5 Å². The summed E-state index contributed by atoms with van der Waals surface area (Å²) in [6, 6.07) is 0. The average Bonchev–Trinajstić information content (AvgIpc) is 2.85. The smallest absolute Gasteiger partial charge is 0.353 e. The van der Waals surface area contributed by atoms with E-state index in [4.69, 9.17) is 27.9 Å². The zero-order valence-corrected chi connectivity index (χ0v) is 10.9. The van der Waals surface area contributed by atoms with Gasteiger partial charge >= 0.3 is 5.97 Å². The molecule has 0 aliphatic carbocycles. The van der Waals surface area contributed by atoms with Crippen molar-refractivity contribution in [2.24, 2.45) is 0 Å². The van der Waals surface area contributed by atoms with E-state index in [1.807, 2.05) is 0 Å². The van der Waals surface area contributed by atoms with Crippen LogP contribution in [0.3, 0.4) is 0 Å². The van der Waals surface area contributed by atoms with Gasteiger partial charge in [0.15, 0.2) is 21.9 Å². The van der Waals surface area contributed by atoms with Gasteiger partial charge in [-0.25, -0.2) is 9.78 Å². The van der Waals surface area contributed by atoms with Gasteiger partial charge in [-0.15, -0.1) is 5.10 Å². The van der Waals surface area contributed by atoms with E-state index in [0.29, 0.717) is 10.6 Å². The lowest BCUT2D eigenvalue weighted by molar-refractivity contribution is 0.0377. The van der Waals surface area contributed by atoms with E-state index in [0.717, 1.165) is 11.5 Å². The van der Waals surface area contributed by atoms with Crippen molar-refractivity contribution in [3.63, 3.8) is 0 Å². The number of nitrogens with zero attached hydrogens (tertiary/aromatic N) is 4. The van der Waals surface area contributed by atoms with Gasteiger partial charge in [-0.3, -0.25) is 4.57 Å². The van der Waals surface area contributed by atoms with Crippen LogP contribution < -0.4 is 0 Å². The van der Waals surface area contributed by atoms with Gasteiger partial charge < -0.3 is 4.74 Å². The van der Waals surface area contributed by atoms with Crippen molar-refractivity contribution < 1.29 is 9.53 Å². The molecule has 2 rings (SSSR count). The Balaban J connectivity index is 2.02. The summed E-state index contributed by atoms with van der Waals surface area (Å²) < 4.78 is 10.1. The summed E-state index contributed by atoms with van der Waals surface area (Å²) in [5.41, 5.74) is 0.537. The van der Waals surface area contributed by atoms with Crippen molar-refractivity contribution in [1.29, 1.82) is 0 Å². The topological polar surface area (TPSA) is 69.9 Å². The van der Waals surface area contributed by atoms with Gasteiger partial charge in [0.05, 0.1) is 5.69 Å². The van der Waals surface area contributed by atoms with Crippen LogP contribution >= 0.6 is 34.7 Å². The van der Waals surface area contributed by atoms with Crippen molar-refractivity contribution in [1.82, 2.24) is 19.1 Å². The molecule has 6 nitrogen and oxygen atoms in total. The third-order valence-corrected chi connectivity index (χ3v) is 3.48. The van der Waals surface area contributed by atoms with Gasteiger partial charge in [0.2, 0.25) is 0 Å². The molecular weight excluding hydrogens is 287 g/mol. The SMILES string of the molecule is Cc1nnsc1C(=O)OCn1cnc(Cl)c1Cl. The highest BCUT2D eigenvalue weighted by atomic mass is 35.5. The number of aryl methyl sites for hydroxylation is 1. The van der Waals surface area contributed by atoms with Gasteiger partial charge in [-0.2, -0.15) is 0 Å². The largest absolute Gasteiger partial charge is 0.440 e. The van der Waals surface area contributed by atoms with Crippen LogP contribution in [0, 0.1) is 6.92 Å². The van der Waals surface area contributed by atoms with Crippen molar-refractivity contribution in [3.05, 3.63) is 27.2 Å². The molecule has 0 aliphatic heterocycles. The second kappa shape index (κ2) is 4.99. The summed E-state index contributed by atoms with van der Waals surface area (Å²) in [7, 11) is 0. The normalized spacial score (nSPS) is 10.5. The second-order valence-corrected chi connectivity index (χ2v) is 4.51. The number of esters is 1. The first-order chi connectivity index (χ1) is 8.09. The highest BCUT2D eigenvalue weighted by Gasteiger charge is 2.15. The predicted octanol–water partition coefficient (Wildman–Crippen LogP) is 2.16. The Morgan fingerprint density at radius 3 is 2.88 bits per heavy atom. The van der Waals surface area contributed by atoms with Crippen LogP contribution in [0.25, 0.3) is 0 Å². The molecule has 0 amide bonds. The summed E-state index contributed by atoms with van der Waals surface area (Å²) in [5, 5.41) is 4.10. The van der Waals surface area contributed by atoms with Crippen LogP contribution in [-0.2, 0) is 11.5 Å². The number of imidazole rings is 1. The molecule has 2 aromatic heterocycles. The minimum atomic E-state index is -0.501. The standard InChI is InChI=1S/C8H6Cl2N4O2S/c1-4-5(17-13-12-4)8(15)16-3-14-2-11-6(9)7(14)10/h2H,3H2,1H3. The first-order valence-electron chi connectivity index (χ1n) is 4.42. The molecule has 2 aromatic rings. The van der Waals surface area contributed by atoms with Crippen molar-refractivity contribution >= 4 is 40.7 Å². The quantitative estimate of drug-likeness (QED) is 0.811. The number of carbonyl (C=O) groups is 1. The number of aromatic nitrogens is 4. The van der Waals surface area contributed by atoms with E-state index >= 15 is 0 Å². The van der Waals surface area contributed by atoms with E-state index in [1.165, 1.54) is 10.9 Å². The second-order valence-electron chi connectivity index (χ2n) is 3.04. The number of hydrogen-bond donors (Lipinski definition) is 0. The lowest BCUT2D eigenvalue weighted by Gasteiger charge is -2.04. The summed E-state index contributed by atoms with van der Waals surface area (Å²) in [6.07, 6.45) is 1.38. The predicted molar refractivity (Wildman–Crippen MR) is 62.3 cm³/mol. The maximum Gasteiger partial charge on any atom is 0.353 e. The van der Waals surface area contributed by atoms with Crippen LogP contribution in [0.1, 0.15) is 15.4 Å². The minimum Gasteiger partial charge on any atom is -0.440 e. The molecule has 0 aliphatic rings. The summed E-state index contributed by atoms with van der Waals surface area (Å²) in [6.45, 7) is 1.62. The van der Waals surface area contributed by atoms with Crippen LogP contribution in [0.2, 0.25) is 10.3 Å². The molecule has 0 aromatic carbocycles. The van der Waals surface area contributed by atoms with Gasteiger partial charge in [-0.1, -0.05) is 27.7 Å². The summed E-state index contributed by atoms with van der Waals surface area (Å²) >= 11 is 12.4. The highest BCUT2D eigenvalue weighted by Crippen LogP contribution is 2.19. The molecule has 0 saturated carbocycles. The number of rotatable bonds is 3. The first-order valence-corrected chi connectivity index (χ1v) is 5.94. The number of hydrogen-bond acceptors (Lipinski definition) is 6. The molecule has 0 spiro atoms. The Kier molecular flexibility index (Phi) is 3.60. The lowest BCUT2D eigenvalue weighted by Crippen LogP contribution is -2.09. The molecule has 0 atom stereocenters. The molecule has 0 unspecified atom stereocenters. The number of carbonyl (C=O) groups excluding carboxylic acids is 1. The molecule has 9 heteroatoms. The molecule has 0 saturated heterocycles. The Hall–Kier alpha value is -1.18. The van der Waals surface area contributed by atoms with Crippen LogP contribution in [-0.4, -0.2) is 25.1 Å². The Morgan fingerprint density at radius 1 is 1.59 bits per heavy atom. The molecule has 2 heterocycles. The molecule has 0 fully saturated rings. The van der Waals surface area contributed by atoms with Gasteiger partial charge in [0.1, 0.15) is 6.33 Å². The van der Waals surface area contributed by atoms with E-state index in [9.17, 15) is 4.79 Å². The van der Waals surface area contributed by atoms with Gasteiger partial charge in [0, 0.05) is 0 Å². The fourth-order valence-electron chi connectivity index (χ4n) is 1.05. The van der Waals surface area contributed by atoms with Crippen molar-refractivity contribution in [2.75, 3.05) is 0 Å². The van der Waals surface area contributed by atoms with Crippen LogP contribution in [0.4, 0.5) is 0 Å². The van der Waals surface area contributed by atoms with E-state index in [2.05, 4.69) is 14.6 Å². The lowest BCUT2D eigenvalue weighted by atomic mass is 10.4. The molecule has 90 valence electrons. The zero-order valence-electron chi connectivity index (χ0n) is 8.55. The molecule has 0 N–H and O–H groups in total. The average molecular weight is 293 g/mol. The third kappa shape index (κ3) is 2.56. The first kappa shape index (κ1) is 12.3. The fourth-order valence-corrected chi connectivity index (χ4v) is 1.89. The summed E-state index contributed by atoms with van der Waals surface area (Å²) in [4.78, 5) is 15.7. The van der Waals surface area contributed by atoms with E-state index in [1.54, 1.807) is 6.92 Å². The fraction of sp³-hybridized carbons (Fsp3) is 0.250. The van der Waals surface area contributed by atoms with Crippen molar-refractivity contribution in [3.8, 4) is 0 Å². The monoisotopic (exact) mass is 292 g/mol. The Morgan fingerprint density at radius 2 is 2.35 bits per heavy atom. The van der Waals surface area contributed by atoms with E-state index in [-0.39, 0.29) is 17.0 Å². The third-order valence-electron chi connectivity index (χ3n) is 1.90. The Labute approximate surface area is 110 Å². The van der Waals surface area contributed by atoms with Crippen molar-refractivity contribution in [2.45, 2.75) is 13.7 Å². The maximum atomic E-state index is 11.6. The van der Waals surface area contributed by atoms with Crippen LogP contribution in [0.15, 0.2) is 6.33 Å². The molecular formula is C8H6Cl2N4O2S. The minimum absolute atomic E-state index is 0.0608. The molecule has 17 heavy (non-hydrogen) atoms. The maximum absolute atomic E-state index is 11.6. The highest BCUT2D eigenvalue weighted by molar-refractivity contribution is 7.07. The Bertz CT molecular complexity index is 553.